The number of nitrogens with zero attached hydrogens (tertiary/aromatic N) is 1. The van der Waals surface area contributed by atoms with Gasteiger partial charge in [0.2, 0.25) is 5.91 Å². The molecule has 0 bridgehead atoms. The van der Waals surface area contributed by atoms with Crippen LogP contribution in [0.25, 0.3) is 11.1 Å². The minimum Gasteiger partial charge on any atom is -0.481 e. The number of ether oxygens (including phenoxy) is 1. The van der Waals surface area contributed by atoms with Crippen LogP contribution in [0.4, 0.5) is 4.79 Å². The summed E-state index contributed by atoms with van der Waals surface area (Å²) in [4.78, 5) is 38.4. The fourth-order valence-electron chi connectivity index (χ4n) is 5.17. The molecule has 2 N–H and O–H groups in total. The molecule has 2 aromatic rings. The highest BCUT2D eigenvalue weighted by molar-refractivity contribution is 5.80. The Kier molecular flexibility index (Phi) is 7.50. The summed E-state index contributed by atoms with van der Waals surface area (Å²) in [6.45, 7) is 2.70. The molecule has 1 aliphatic heterocycles. The van der Waals surface area contributed by atoms with Gasteiger partial charge in [-0.1, -0.05) is 55.5 Å². The number of benzene rings is 2. The van der Waals surface area contributed by atoms with Gasteiger partial charge in [0.1, 0.15) is 6.61 Å². The number of aliphatic carboxylic acids is 1. The third-order valence-electron chi connectivity index (χ3n) is 6.94. The monoisotopic (exact) mass is 464 g/mol. The molecule has 0 aromatic heterocycles. The average molecular weight is 465 g/mol. The van der Waals surface area contributed by atoms with Crippen molar-refractivity contribution >= 4 is 18.0 Å². The molecular formula is C27H32N2O5. The number of hydrogen-bond acceptors (Lipinski definition) is 4. The van der Waals surface area contributed by atoms with E-state index in [1.165, 1.54) is 11.1 Å². The topological polar surface area (TPSA) is 95.9 Å². The van der Waals surface area contributed by atoms with Crippen molar-refractivity contribution in [1.82, 2.24) is 10.2 Å². The van der Waals surface area contributed by atoms with Gasteiger partial charge in [-0.05, 0) is 47.9 Å². The molecular weight excluding hydrogens is 432 g/mol. The first-order chi connectivity index (χ1) is 16.5. The van der Waals surface area contributed by atoms with Crippen molar-refractivity contribution in [3.05, 3.63) is 59.7 Å². The van der Waals surface area contributed by atoms with Crippen LogP contribution in [-0.2, 0) is 14.3 Å². The highest BCUT2D eigenvalue weighted by atomic mass is 16.5. The summed E-state index contributed by atoms with van der Waals surface area (Å²) in [5, 5.41) is 12.0. The predicted molar refractivity (Wildman–Crippen MR) is 129 cm³/mol. The largest absolute Gasteiger partial charge is 0.481 e. The molecule has 34 heavy (non-hydrogen) atoms. The van der Waals surface area contributed by atoms with Crippen LogP contribution in [0, 0.1) is 0 Å². The van der Waals surface area contributed by atoms with E-state index in [1.807, 2.05) is 31.2 Å². The number of fused-ring (bicyclic) bond motifs is 3. The van der Waals surface area contributed by atoms with Crippen molar-refractivity contribution in [1.29, 1.82) is 0 Å². The van der Waals surface area contributed by atoms with E-state index in [2.05, 4.69) is 29.6 Å². The van der Waals surface area contributed by atoms with Crippen molar-refractivity contribution in [3.8, 4) is 11.1 Å². The van der Waals surface area contributed by atoms with Crippen molar-refractivity contribution in [2.24, 2.45) is 0 Å². The second-order valence-corrected chi connectivity index (χ2v) is 9.11. The van der Waals surface area contributed by atoms with Crippen LogP contribution in [0.3, 0.4) is 0 Å². The lowest BCUT2D eigenvalue weighted by Crippen LogP contribution is -2.47. The lowest BCUT2D eigenvalue weighted by Gasteiger charge is -2.36. The van der Waals surface area contributed by atoms with Crippen molar-refractivity contribution in [3.63, 3.8) is 0 Å². The van der Waals surface area contributed by atoms with Gasteiger partial charge in [0.25, 0.3) is 0 Å². The molecule has 0 spiro atoms. The first-order valence-corrected chi connectivity index (χ1v) is 12.1. The molecule has 2 unspecified atom stereocenters. The van der Waals surface area contributed by atoms with E-state index in [0.29, 0.717) is 19.4 Å². The summed E-state index contributed by atoms with van der Waals surface area (Å²) in [6, 6.07) is 15.7. The summed E-state index contributed by atoms with van der Waals surface area (Å²) in [5.41, 5.74) is 4.63. The standard InChI is InChI=1S/C27H32N2O5/c1-2-18(15-25(30)29-14-8-7-9-19(29)16-26(31)32)28-27(33)34-17-24-22-12-5-3-10-20(22)21-11-4-6-13-23(21)24/h3-6,10-13,18-19,24H,2,7-9,14-17H2,1H3,(H,28,33)(H,31,32). The third kappa shape index (κ3) is 5.24. The van der Waals surface area contributed by atoms with E-state index in [-0.39, 0.29) is 43.4 Å². The minimum absolute atomic E-state index is 0.0232. The summed E-state index contributed by atoms with van der Waals surface area (Å²) in [5.74, 6) is -1.03. The summed E-state index contributed by atoms with van der Waals surface area (Å²) < 4.78 is 5.62. The molecule has 2 aromatic carbocycles. The fourth-order valence-corrected chi connectivity index (χ4v) is 5.17. The third-order valence-corrected chi connectivity index (χ3v) is 6.94. The Hall–Kier alpha value is -3.35. The molecule has 7 heteroatoms. The lowest BCUT2D eigenvalue weighted by atomic mass is 9.98. The van der Waals surface area contributed by atoms with Crippen LogP contribution < -0.4 is 5.32 Å². The number of alkyl carbamates (subject to hydrolysis) is 1. The number of carbonyl (C=O) groups excluding carboxylic acids is 2. The van der Waals surface area contributed by atoms with Crippen LogP contribution in [-0.4, -0.2) is 53.2 Å². The van der Waals surface area contributed by atoms with Gasteiger partial charge in [-0.2, -0.15) is 0 Å². The maximum Gasteiger partial charge on any atom is 0.407 e. The van der Waals surface area contributed by atoms with E-state index in [9.17, 15) is 19.5 Å². The zero-order valence-corrected chi connectivity index (χ0v) is 19.5. The Morgan fingerprint density at radius 1 is 1.06 bits per heavy atom. The smallest absolute Gasteiger partial charge is 0.407 e. The van der Waals surface area contributed by atoms with Gasteiger partial charge < -0.3 is 20.1 Å². The zero-order valence-electron chi connectivity index (χ0n) is 19.5. The SMILES string of the molecule is CCC(CC(=O)N1CCCCC1CC(=O)O)NC(=O)OCC1c2ccccc2-c2ccccc21. The van der Waals surface area contributed by atoms with Crippen LogP contribution in [0.5, 0.6) is 0 Å². The van der Waals surface area contributed by atoms with Gasteiger partial charge in [-0.15, -0.1) is 0 Å². The second-order valence-electron chi connectivity index (χ2n) is 9.11. The molecule has 1 saturated heterocycles. The molecule has 180 valence electrons. The predicted octanol–water partition coefficient (Wildman–Crippen LogP) is 4.55. The summed E-state index contributed by atoms with van der Waals surface area (Å²) in [6.07, 6.45) is 2.64. The molecule has 0 radical (unpaired) electrons. The van der Waals surface area contributed by atoms with Gasteiger partial charge in [-0.25, -0.2) is 4.79 Å². The van der Waals surface area contributed by atoms with E-state index in [4.69, 9.17) is 4.74 Å². The van der Waals surface area contributed by atoms with E-state index >= 15 is 0 Å². The highest BCUT2D eigenvalue weighted by Crippen LogP contribution is 2.44. The molecule has 4 rings (SSSR count). The van der Waals surface area contributed by atoms with E-state index in [0.717, 1.165) is 24.0 Å². The number of carboxylic acids is 1. The first-order valence-electron chi connectivity index (χ1n) is 12.1. The summed E-state index contributed by atoms with van der Waals surface area (Å²) >= 11 is 0. The Bertz CT molecular complexity index is 1010. The van der Waals surface area contributed by atoms with Gasteiger partial charge in [0, 0.05) is 31.0 Å². The molecule has 1 fully saturated rings. The summed E-state index contributed by atoms with van der Waals surface area (Å²) in [7, 11) is 0. The van der Waals surface area contributed by atoms with Crippen LogP contribution >= 0.6 is 0 Å². The maximum absolute atomic E-state index is 12.9. The molecule has 1 aliphatic carbocycles. The van der Waals surface area contributed by atoms with E-state index in [1.54, 1.807) is 4.90 Å². The zero-order chi connectivity index (χ0) is 24.1. The second kappa shape index (κ2) is 10.7. The molecule has 7 nitrogen and oxygen atoms in total. The first kappa shape index (κ1) is 23.8. The molecule has 0 saturated carbocycles. The van der Waals surface area contributed by atoms with Crippen LogP contribution in [0.1, 0.15) is 62.5 Å². The van der Waals surface area contributed by atoms with Crippen LogP contribution in [0.15, 0.2) is 48.5 Å². The number of rotatable bonds is 8. The number of piperidine rings is 1. The van der Waals surface area contributed by atoms with Gasteiger partial charge in [0.15, 0.2) is 0 Å². The minimum atomic E-state index is -0.895. The molecule has 2 amide bonds. The number of carbonyl (C=O) groups is 3. The van der Waals surface area contributed by atoms with Crippen molar-refractivity contribution in [2.75, 3.05) is 13.2 Å². The van der Waals surface area contributed by atoms with E-state index < -0.39 is 12.1 Å². The quantitative estimate of drug-likeness (QED) is 0.598. The lowest BCUT2D eigenvalue weighted by molar-refractivity contribution is -0.142. The van der Waals surface area contributed by atoms with Crippen LogP contribution in [0.2, 0.25) is 0 Å². The Morgan fingerprint density at radius 3 is 2.32 bits per heavy atom. The average Bonchev–Trinajstić information content (AvgIpc) is 3.16. The number of likely N-dealkylation sites (tertiary alicyclic amines) is 1. The van der Waals surface area contributed by atoms with Gasteiger partial charge in [0.05, 0.1) is 6.42 Å². The Balaban J connectivity index is 1.34. The molecule has 1 heterocycles. The normalized spacial score (nSPS) is 18.0. The number of hydrogen-bond donors (Lipinski definition) is 2. The number of amides is 2. The molecule has 2 atom stereocenters. The molecule has 2 aliphatic rings. The van der Waals surface area contributed by atoms with Gasteiger partial charge in [-0.3, -0.25) is 9.59 Å². The van der Waals surface area contributed by atoms with Crippen molar-refractivity contribution in [2.45, 2.75) is 63.5 Å². The Morgan fingerprint density at radius 2 is 1.71 bits per heavy atom. The number of carboxylic acid groups (broad SMARTS) is 1. The number of nitrogens with one attached hydrogen (secondary N) is 1. The Labute approximate surface area is 200 Å². The van der Waals surface area contributed by atoms with Gasteiger partial charge >= 0.3 is 12.1 Å². The highest BCUT2D eigenvalue weighted by Gasteiger charge is 2.31. The van der Waals surface area contributed by atoms with Crippen molar-refractivity contribution < 1.29 is 24.2 Å². The fraction of sp³-hybridized carbons (Fsp3) is 0.444. The maximum atomic E-state index is 12.9.